The number of nitrogens with zero attached hydrogens (tertiary/aromatic N) is 1. The van der Waals surface area contributed by atoms with Crippen molar-refractivity contribution in [2.75, 3.05) is 19.6 Å². The predicted octanol–water partition coefficient (Wildman–Crippen LogP) is 4.67. The average Bonchev–Trinajstić information content (AvgIpc) is 2.60. The first-order valence-corrected chi connectivity index (χ1v) is 9.13. The molecule has 1 atom stereocenters. The first-order chi connectivity index (χ1) is 12.7. The number of nitrogens with one attached hydrogen (secondary N) is 1. The highest BCUT2D eigenvalue weighted by molar-refractivity contribution is 6.35. The van der Waals surface area contributed by atoms with Crippen LogP contribution < -0.4 is 5.32 Å². The molecule has 1 aliphatic heterocycles. The van der Waals surface area contributed by atoms with Crippen molar-refractivity contribution in [1.82, 2.24) is 10.2 Å². The Morgan fingerprint density at radius 2 is 1.74 bits per heavy atom. The van der Waals surface area contributed by atoms with E-state index >= 15 is 0 Å². The predicted molar refractivity (Wildman–Crippen MR) is 99.3 cm³/mol. The fourth-order valence-electron chi connectivity index (χ4n) is 3.16. The van der Waals surface area contributed by atoms with Gasteiger partial charge >= 0.3 is 6.18 Å². The third-order valence-corrected chi connectivity index (χ3v) is 4.91. The topological polar surface area (TPSA) is 32.3 Å². The fourth-order valence-corrected chi connectivity index (χ4v) is 3.68. The normalized spacial score (nSPS) is 17.8. The van der Waals surface area contributed by atoms with E-state index in [-0.39, 0.29) is 11.9 Å². The summed E-state index contributed by atoms with van der Waals surface area (Å²) in [5.74, 6) is -0.196. The number of hydrogen-bond acceptors (Lipinski definition) is 2. The van der Waals surface area contributed by atoms with E-state index in [4.69, 9.17) is 23.2 Å². The van der Waals surface area contributed by atoms with Gasteiger partial charge in [-0.15, -0.1) is 0 Å². The van der Waals surface area contributed by atoms with Crippen LogP contribution in [-0.2, 0) is 12.6 Å². The molecule has 0 saturated carbocycles. The van der Waals surface area contributed by atoms with Crippen molar-refractivity contribution < 1.29 is 18.0 Å². The Hall–Kier alpha value is -1.76. The Kier molecular flexibility index (Phi) is 5.99. The molecule has 144 valence electrons. The molecule has 0 unspecified atom stereocenters. The van der Waals surface area contributed by atoms with Crippen LogP contribution in [0.1, 0.15) is 21.5 Å². The zero-order chi connectivity index (χ0) is 19.6. The van der Waals surface area contributed by atoms with Crippen molar-refractivity contribution >= 4 is 29.1 Å². The van der Waals surface area contributed by atoms with E-state index in [9.17, 15) is 18.0 Å². The Labute approximate surface area is 165 Å². The number of carbonyl (C=O) groups is 1. The number of benzene rings is 2. The highest BCUT2D eigenvalue weighted by Gasteiger charge is 2.31. The summed E-state index contributed by atoms with van der Waals surface area (Å²) in [5, 5.41) is 3.97. The second-order valence-electron chi connectivity index (χ2n) is 6.41. The molecule has 1 amide bonds. The molecule has 0 bridgehead atoms. The van der Waals surface area contributed by atoms with Crippen LogP contribution in [0, 0.1) is 0 Å². The third-order valence-electron chi connectivity index (χ3n) is 4.47. The lowest BCUT2D eigenvalue weighted by Crippen LogP contribution is -2.54. The average molecular weight is 417 g/mol. The minimum Gasteiger partial charge on any atom is -0.333 e. The van der Waals surface area contributed by atoms with E-state index in [2.05, 4.69) is 5.32 Å². The third kappa shape index (κ3) is 4.94. The molecule has 0 radical (unpaired) electrons. The molecule has 8 heteroatoms. The van der Waals surface area contributed by atoms with Gasteiger partial charge in [-0.25, -0.2) is 0 Å². The fraction of sp³-hybridized carbons (Fsp3) is 0.316. The van der Waals surface area contributed by atoms with E-state index < -0.39 is 11.7 Å². The minimum atomic E-state index is -4.36. The van der Waals surface area contributed by atoms with Crippen molar-refractivity contribution in [3.05, 3.63) is 69.2 Å². The first-order valence-electron chi connectivity index (χ1n) is 8.38. The lowest BCUT2D eigenvalue weighted by molar-refractivity contribution is -0.137. The summed E-state index contributed by atoms with van der Waals surface area (Å²) in [6.45, 7) is 1.69. The standard InChI is InChI=1S/C19H17Cl2F3N2O/c20-15-8-13(9-16(21)10-15)18(27)26-6-5-25-11-17(26)7-12-1-3-14(4-2-12)19(22,23)24/h1-4,8-10,17,25H,5-7,11H2/t17-/m1/s1. The molecule has 0 aromatic heterocycles. The number of halogens is 5. The quantitative estimate of drug-likeness (QED) is 0.788. The van der Waals surface area contributed by atoms with E-state index in [1.54, 1.807) is 23.1 Å². The Morgan fingerprint density at radius 1 is 1.11 bits per heavy atom. The van der Waals surface area contributed by atoms with Gasteiger partial charge in [0.05, 0.1) is 5.56 Å². The number of hydrogen-bond donors (Lipinski definition) is 1. The van der Waals surface area contributed by atoms with Gasteiger partial charge in [0, 0.05) is 41.3 Å². The van der Waals surface area contributed by atoms with Crippen LogP contribution in [0.15, 0.2) is 42.5 Å². The molecular formula is C19H17Cl2F3N2O. The van der Waals surface area contributed by atoms with Gasteiger partial charge in [0.2, 0.25) is 0 Å². The molecule has 1 saturated heterocycles. The number of alkyl halides is 3. The Balaban J connectivity index is 1.78. The van der Waals surface area contributed by atoms with Gasteiger partial charge in [0.25, 0.3) is 5.91 Å². The molecule has 1 heterocycles. The van der Waals surface area contributed by atoms with Gasteiger partial charge < -0.3 is 10.2 Å². The van der Waals surface area contributed by atoms with Crippen LogP contribution in [0.2, 0.25) is 10.0 Å². The summed E-state index contributed by atoms with van der Waals surface area (Å²) in [4.78, 5) is 14.6. The van der Waals surface area contributed by atoms with Gasteiger partial charge in [-0.05, 0) is 42.3 Å². The molecule has 0 aliphatic carbocycles. The zero-order valence-electron chi connectivity index (χ0n) is 14.2. The summed E-state index contributed by atoms with van der Waals surface area (Å²) in [5.41, 5.74) is 0.444. The maximum atomic E-state index is 12.9. The van der Waals surface area contributed by atoms with Crippen LogP contribution in [-0.4, -0.2) is 36.5 Å². The number of rotatable bonds is 3. The monoisotopic (exact) mass is 416 g/mol. The second kappa shape index (κ2) is 8.09. The van der Waals surface area contributed by atoms with Crippen molar-refractivity contribution in [3.63, 3.8) is 0 Å². The maximum absolute atomic E-state index is 12.9. The molecule has 27 heavy (non-hydrogen) atoms. The molecule has 3 rings (SSSR count). The van der Waals surface area contributed by atoms with Gasteiger partial charge in [-0.3, -0.25) is 4.79 Å². The first kappa shape index (κ1) is 20.0. The largest absolute Gasteiger partial charge is 0.416 e. The minimum absolute atomic E-state index is 0.180. The zero-order valence-corrected chi connectivity index (χ0v) is 15.7. The second-order valence-corrected chi connectivity index (χ2v) is 7.29. The molecule has 1 N–H and O–H groups in total. The van der Waals surface area contributed by atoms with Gasteiger partial charge in [0.1, 0.15) is 0 Å². The smallest absolute Gasteiger partial charge is 0.333 e. The van der Waals surface area contributed by atoms with Crippen molar-refractivity contribution in [3.8, 4) is 0 Å². The molecule has 3 nitrogen and oxygen atoms in total. The molecule has 0 spiro atoms. The van der Waals surface area contributed by atoms with E-state index in [0.717, 1.165) is 17.7 Å². The lowest BCUT2D eigenvalue weighted by Gasteiger charge is -2.36. The SMILES string of the molecule is O=C(c1cc(Cl)cc(Cl)c1)N1CCNC[C@H]1Cc1ccc(C(F)(F)F)cc1. The van der Waals surface area contributed by atoms with Crippen LogP contribution in [0.4, 0.5) is 13.2 Å². The van der Waals surface area contributed by atoms with Crippen LogP contribution in [0.3, 0.4) is 0 Å². The van der Waals surface area contributed by atoms with Gasteiger partial charge in [-0.2, -0.15) is 13.2 Å². The van der Waals surface area contributed by atoms with E-state index in [1.165, 1.54) is 12.1 Å². The number of piperazine rings is 1. The molecular weight excluding hydrogens is 400 g/mol. The van der Waals surface area contributed by atoms with E-state index in [0.29, 0.717) is 41.7 Å². The number of carbonyl (C=O) groups excluding carboxylic acids is 1. The highest BCUT2D eigenvalue weighted by atomic mass is 35.5. The summed E-state index contributed by atoms with van der Waals surface area (Å²) in [6.07, 6.45) is -3.91. The van der Waals surface area contributed by atoms with Gasteiger partial charge in [0.15, 0.2) is 0 Å². The lowest BCUT2D eigenvalue weighted by atomic mass is 10.0. The van der Waals surface area contributed by atoms with Gasteiger partial charge in [-0.1, -0.05) is 35.3 Å². The molecule has 2 aromatic rings. The Morgan fingerprint density at radius 3 is 2.33 bits per heavy atom. The molecule has 1 aliphatic rings. The van der Waals surface area contributed by atoms with E-state index in [1.807, 2.05) is 0 Å². The number of amides is 1. The summed E-state index contributed by atoms with van der Waals surface area (Å²) in [6, 6.07) is 9.54. The van der Waals surface area contributed by atoms with Crippen molar-refractivity contribution in [2.45, 2.75) is 18.6 Å². The molecule has 1 fully saturated rings. The Bertz CT molecular complexity index is 804. The van der Waals surface area contributed by atoms with Crippen LogP contribution in [0.25, 0.3) is 0 Å². The summed E-state index contributed by atoms with van der Waals surface area (Å²) in [7, 11) is 0. The van der Waals surface area contributed by atoms with Crippen molar-refractivity contribution in [2.24, 2.45) is 0 Å². The van der Waals surface area contributed by atoms with Crippen molar-refractivity contribution in [1.29, 1.82) is 0 Å². The van der Waals surface area contributed by atoms with Crippen LogP contribution in [0.5, 0.6) is 0 Å². The maximum Gasteiger partial charge on any atom is 0.416 e. The summed E-state index contributed by atoms with van der Waals surface area (Å²) >= 11 is 12.0. The molecule has 2 aromatic carbocycles. The summed E-state index contributed by atoms with van der Waals surface area (Å²) < 4.78 is 38.1. The van der Waals surface area contributed by atoms with Crippen LogP contribution >= 0.6 is 23.2 Å². The highest BCUT2D eigenvalue weighted by Crippen LogP contribution is 2.29.